The molecule has 0 heterocycles. The molecule has 3 aromatic rings. The monoisotopic (exact) mass is 424 g/mol. The number of phenols is 1. The number of nitrogens with zero attached hydrogens (tertiary/aromatic N) is 1. The predicted octanol–water partition coefficient (Wildman–Crippen LogP) is 4.79. The Morgan fingerprint density at radius 1 is 1.07 bits per heavy atom. The zero-order valence-corrected chi connectivity index (χ0v) is 17.1. The lowest BCUT2D eigenvalue weighted by Gasteiger charge is -2.12. The maximum absolute atomic E-state index is 12.1. The van der Waals surface area contributed by atoms with Crippen LogP contribution < -0.4 is 14.9 Å². The van der Waals surface area contributed by atoms with Gasteiger partial charge in [0, 0.05) is 5.02 Å². The molecular weight excluding hydrogens is 404 g/mol. The number of halogens is 1. The third kappa shape index (κ3) is 5.75. The first-order chi connectivity index (χ1) is 14.6. The van der Waals surface area contributed by atoms with Crippen molar-refractivity contribution in [3.05, 3.63) is 88.4 Å². The van der Waals surface area contributed by atoms with E-state index in [0.717, 1.165) is 11.1 Å². The molecular formula is C23H21ClN2O4. The summed E-state index contributed by atoms with van der Waals surface area (Å²) in [5.74, 6) is 0.563. The molecule has 1 amide bonds. The second-order valence-electron chi connectivity index (χ2n) is 6.27. The first-order valence-electron chi connectivity index (χ1n) is 9.32. The van der Waals surface area contributed by atoms with Crippen LogP contribution in [-0.4, -0.2) is 23.8 Å². The lowest BCUT2D eigenvalue weighted by molar-refractivity contribution is 0.0952. The molecule has 3 rings (SSSR count). The number of ether oxygens (including phenoxy) is 2. The van der Waals surface area contributed by atoms with Gasteiger partial charge in [0.2, 0.25) is 0 Å². The van der Waals surface area contributed by atoms with E-state index in [1.54, 1.807) is 30.3 Å². The highest BCUT2D eigenvalue weighted by molar-refractivity contribution is 6.30. The van der Waals surface area contributed by atoms with Gasteiger partial charge < -0.3 is 14.6 Å². The number of hydrogen-bond donors (Lipinski definition) is 2. The Kier molecular flexibility index (Phi) is 7.29. The summed E-state index contributed by atoms with van der Waals surface area (Å²) in [6.07, 6.45) is 1.49. The van der Waals surface area contributed by atoms with Crippen molar-refractivity contribution in [2.45, 2.75) is 13.5 Å². The fourth-order valence-electron chi connectivity index (χ4n) is 2.63. The molecule has 154 valence electrons. The first-order valence-corrected chi connectivity index (χ1v) is 9.70. The summed E-state index contributed by atoms with van der Waals surface area (Å²) in [6, 6.07) is 19.0. The van der Waals surface area contributed by atoms with Crippen LogP contribution in [0.4, 0.5) is 0 Å². The Labute approximate surface area is 179 Å². The molecule has 0 saturated heterocycles. The lowest BCUT2D eigenvalue weighted by Crippen LogP contribution is -2.17. The standard InChI is InChI=1S/C23H21ClN2O4/c1-2-29-22-13-17(14-25-26-23(28)19-5-3-4-6-20(19)27)9-12-21(22)30-15-16-7-10-18(24)11-8-16/h3-14,27H,2,15H2,1H3,(H,26,28)/b25-14-. The van der Waals surface area contributed by atoms with E-state index < -0.39 is 5.91 Å². The lowest BCUT2D eigenvalue weighted by atomic mass is 10.2. The van der Waals surface area contributed by atoms with Crippen LogP contribution in [0, 0.1) is 0 Å². The third-order valence-electron chi connectivity index (χ3n) is 4.10. The summed E-state index contributed by atoms with van der Waals surface area (Å²) in [6.45, 7) is 2.74. The summed E-state index contributed by atoms with van der Waals surface area (Å²) in [4.78, 5) is 12.1. The largest absolute Gasteiger partial charge is 0.507 e. The van der Waals surface area contributed by atoms with Crippen LogP contribution >= 0.6 is 11.6 Å². The minimum Gasteiger partial charge on any atom is -0.507 e. The number of nitrogens with one attached hydrogen (secondary N) is 1. The second kappa shape index (κ2) is 10.3. The van der Waals surface area contributed by atoms with Crippen molar-refractivity contribution in [1.29, 1.82) is 0 Å². The molecule has 7 heteroatoms. The molecule has 30 heavy (non-hydrogen) atoms. The summed E-state index contributed by atoms with van der Waals surface area (Å²) in [5.41, 5.74) is 4.24. The van der Waals surface area contributed by atoms with E-state index in [4.69, 9.17) is 21.1 Å². The molecule has 0 aromatic heterocycles. The fraction of sp³-hybridized carbons (Fsp3) is 0.130. The molecule has 0 aliphatic rings. The topological polar surface area (TPSA) is 80.2 Å². The summed E-state index contributed by atoms with van der Waals surface area (Å²) in [7, 11) is 0. The quantitative estimate of drug-likeness (QED) is 0.402. The number of carbonyl (C=O) groups is 1. The number of para-hydroxylation sites is 1. The van der Waals surface area contributed by atoms with Gasteiger partial charge in [-0.1, -0.05) is 35.9 Å². The van der Waals surface area contributed by atoms with Crippen LogP contribution in [0.1, 0.15) is 28.4 Å². The molecule has 2 N–H and O–H groups in total. The van der Waals surface area contributed by atoms with E-state index in [0.29, 0.717) is 29.7 Å². The van der Waals surface area contributed by atoms with Crippen molar-refractivity contribution in [3.8, 4) is 17.2 Å². The molecule has 0 unspecified atom stereocenters. The zero-order chi connectivity index (χ0) is 21.3. The van der Waals surface area contributed by atoms with E-state index in [2.05, 4.69) is 10.5 Å². The molecule has 0 aliphatic carbocycles. The van der Waals surface area contributed by atoms with Gasteiger partial charge in [0.1, 0.15) is 12.4 Å². The Morgan fingerprint density at radius 3 is 2.57 bits per heavy atom. The Morgan fingerprint density at radius 2 is 1.83 bits per heavy atom. The van der Waals surface area contributed by atoms with Crippen LogP contribution in [0.25, 0.3) is 0 Å². The maximum Gasteiger partial charge on any atom is 0.275 e. The molecule has 0 radical (unpaired) electrons. The van der Waals surface area contributed by atoms with Crippen molar-refractivity contribution in [1.82, 2.24) is 5.43 Å². The van der Waals surface area contributed by atoms with Crippen molar-refractivity contribution in [3.63, 3.8) is 0 Å². The Bertz CT molecular complexity index is 1040. The van der Waals surface area contributed by atoms with Gasteiger partial charge in [-0.3, -0.25) is 4.79 Å². The minimum atomic E-state index is -0.503. The number of aromatic hydroxyl groups is 1. The van der Waals surface area contributed by atoms with Crippen LogP contribution in [0.3, 0.4) is 0 Å². The van der Waals surface area contributed by atoms with Gasteiger partial charge in [-0.05, 0) is 60.5 Å². The number of hydrazone groups is 1. The summed E-state index contributed by atoms with van der Waals surface area (Å²) in [5, 5.41) is 14.3. The number of benzene rings is 3. The molecule has 0 spiro atoms. The summed E-state index contributed by atoms with van der Waals surface area (Å²) < 4.78 is 11.5. The van der Waals surface area contributed by atoms with Gasteiger partial charge in [-0.2, -0.15) is 5.10 Å². The fourth-order valence-corrected chi connectivity index (χ4v) is 2.75. The van der Waals surface area contributed by atoms with Crippen molar-refractivity contribution in [2.24, 2.45) is 5.10 Å². The van der Waals surface area contributed by atoms with Gasteiger partial charge >= 0.3 is 0 Å². The first kappa shape index (κ1) is 21.2. The Balaban J connectivity index is 1.66. The number of rotatable bonds is 8. The average molecular weight is 425 g/mol. The molecule has 0 fully saturated rings. The maximum atomic E-state index is 12.1. The number of amides is 1. The van der Waals surface area contributed by atoms with Crippen molar-refractivity contribution in [2.75, 3.05) is 6.61 Å². The van der Waals surface area contributed by atoms with Gasteiger partial charge in [-0.25, -0.2) is 5.43 Å². The smallest absolute Gasteiger partial charge is 0.275 e. The molecule has 3 aromatic carbocycles. The number of phenolic OH excluding ortho intramolecular Hbond substituents is 1. The molecule has 6 nitrogen and oxygen atoms in total. The van der Waals surface area contributed by atoms with E-state index in [-0.39, 0.29) is 11.3 Å². The highest BCUT2D eigenvalue weighted by Crippen LogP contribution is 2.29. The average Bonchev–Trinajstić information content (AvgIpc) is 2.75. The van der Waals surface area contributed by atoms with Crippen LogP contribution in [-0.2, 0) is 6.61 Å². The SMILES string of the molecule is CCOc1cc(/C=N\NC(=O)c2ccccc2O)ccc1OCc1ccc(Cl)cc1. The normalized spacial score (nSPS) is 10.7. The Hall–Kier alpha value is -3.51. The third-order valence-corrected chi connectivity index (χ3v) is 4.36. The second-order valence-corrected chi connectivity index (χ2v) is 6.71. The zero-order valence-electron chi connectivity index (χ0n) is 16.3. The highest BCUT2D eigenvalue weighted by Gasteiger charge is 2.09. The molecule has 0 atom stereocenters. The number of carbonyl (C=O) groups excluding carboxylic acids is 1. The van der Waals surface area contributed by atoms with Crippen molar-refractivity contribution < 1.29 is 19.4 Å². The van der Waals surface area contributed by atoms with E-state index in [9.17, 15) is 9.90 Å². The van der Waals surface area contributed by atoms with Crippen LogP contribution in [0.5, 0.6) is 17.2 Å². The van der Waals surface area contributed by atoms with E-state index >= 15 is 0 Å². The van der Waals surface area contributed by atoms with Crippen molar-refractivity contribution >= 4 is 23.7 Å². The van der Waals surface area contributed by atoms with Gasteiger partial charge in [-0.15, -0.1) is 0 Å². The highest BCUT2D eigenvalue weighted by atomic mass is 35.5. The number of hydrogen-bond acceptors (Lipinski definition) is 5. The van der Waals surface area contributed by atoms with E-state index in [1.807, 2.05) is 31.2 Å². The van der Waals surface area contributed by atoms with Crippen LogP contribution in [0.15, 0.2) is 71.8 Å². The van der Waals surface area contributed by atoms with Crippen LogP contribution in [0.2, 0.25) is 5.02 Å². The van der Waals surface area contributed by atoms with Gasteiger partial charge in [0.15, 0.2) is 11.5 Å². The van der Waals surface area contributed by atoms with Gasteiger partial charge in [0.05, 0.1) is 18.4 Å². The van der Waals surface area contributed by atoms with Gasteiger partial charge in [0.25, 0.3) is 5.91 Å². The molecule has 0 aliphatic heterocycles. The molecule has 0 saturated carbocycles. The summed E-state index contributed by atoms with van der Waals surface area (Å²) >= 11 is 5.90. The minimum absolute atomic E-state index is 0.106. The molecule has 0 bridgehead atoms. The van der Waals surface area contributed by atoms with E-state index in [1.165, 1.54) is 18.3 Å². The predicted molar refractivity (Wildman–Crippen MR) is 117 cm³/mol.